The van der Waals surface area contributed by atoms with E-state index in [0.29, 0.717) is 45.0 Å². The molecule has 2 aliphatic rings. The number of likely N-dealkylation sites (tertiary alicyclic amines) is 1. The largest absolute Gasteiger partial charge is 0.375 e. The molecule has 0 radical (unpaired) electrons. The van der Waals surface area contributed by atoms with Gasteiger partial charge in [0.2, 0.25) is 0 Å². The Balaban J connectivity index is 1.58. The number of amides is 3. The second-order valence-corrected chi connectivity index (χ2v) is 7.14. The standard InChI is InChI=1S/C19H25FN4O3/c1-21(2)16-6-5-14(13-15(16)20)17(25)23-9-11-24(12-10-23)19(27)18(26)22-7-3-4-8-22/h5-6,13H,3-4,7-12H2,1-2H3. The summed E-state index contributed by atoms with van der Waals surface area (Å²) >= 11 is 0. The SMILES string of the molecule is CN(C)c1ccc(C(=O)N2CCN(C(=O)C(=O)N3CCCC3)CC2)cc1F. The van der Waals surface area contributed by atoms with Crippen LogP contribution in [0.15, 0.2) is 18.2 Å². The van der Waals surface area contributed by atoms with Crippen LogP contribution in [0.25, 0.3) is 0 Å². The molecular formula is C19H25FN4O3. The highest BCUT2D eigenvalue weighted by Crippen LogP contribution is 2.20. The van der Waals surface area contributed by atoms with E-state index in [1.807, 2.05) is 0 Å². The van der Waals surface area contributed by atoms with Crippen molar-refractivity contribution in [1.29, 1.82) is 0 Å². The van der Waals surface area contributed by atoms with Crippen LogP contribution < -0.4 is 4.90 Å². The van der Waals surface area contributed by atoms with E-state index >= 15 is 0 Å². The molecule has 2 heterocycles. The second-order valence-electron chi connectivity index (χ2n) is 7.14. The number of nitrogens with zero attached hydrogens (tertiary/aromatic N) is 4. The number of benzene rings is 1. The van der Waals surface area contributed by atoms with Crippen molar-refractivity contribution in [2.45, 2.75) is 12.8 Å². The van der Waals surface area contributed by atoms with Gasteiger partial charge in [0.05, 0.1) is 5.69 Å². The average Bonchev–Trinajstić information content (AvgIpc) is 3.20. The molecule has 0 aromatic heterocycles. The van der Waals surface area contributed by atoms with Crippen LogP contribution >= 0.6 is 0 Å². The number of carbonyl (C=O) groups excluding carboxylic acids is 3. The fourth-order valence-corrected chi connectivity index (χ4v) is 3.49. The smallest absolute Gasteiger partial charge is 0.312 e. The molecule has 2 fully saturated rings. The number of anilines is 1. The molecule has 3 rings (SSSR count). The Morgan fingerprint density at radius 2 is 1.37 bits per heavy atom. The lowest BCUT2D eigenvalue weighted by Crippen LogP contribution is -2.54. The maximum Gasteiger partial charge on any atom is 0.312 e. The molecule has 27 heavy (non-hydrogen) atoms. The molecule has 146 valence electrons. The monoisotopic (exact) mass is 376 g/mol. The van der Waals surface area contributed by atoms with Gasteiger partial charge in [-0.25, -0.2) is 4.39 Å². The van der Waals surface area contributed by atoms with Crippen LogP contribution in [0, 0.1) is 5.82 Å². The van der Waals surface area contributed by atoms with E-state index in [0.717, 1.165) is 12.8 Å². The average molecular weight is 376 g/mol. The molecule has 8 heteroatoms. The van der Waals surface area contributed by atoms with Crippen LogP contribution in [0.3, 0.4) is 0 Å². The predicted octanol–water partition coefficient (Wildman–Crippen LogP) is 0.798. The van der Waals surface area contributed by atoms with Crippen molar-refractivity contribution in [3.63, 3.8) is 0 Å². The van der Waals surface area contributed by atoms with Gasteiger partial charge in [-0.15, -0.1) is 0 Å². The molecular weight excluding hydrogens is 351 g/mol. The van der Waals surface area contributed by atoms with Gasteiger partial charge in [0.25, 0.3) is 5.91 Å². The third kappa shape index (κ3) is 4.04. The molecule has 0 bridgehead atoms. The Labute approximate surface area is 158 Å². The summed E-state index contributed by atoms with van der Waals surface area (Å²) in [5.41, 5.74) is 0.702. The van der Waals surface area contributed by atoms with Crippen molar-refractivity contribution in [3.8, 4) is 0 Å². The first-order valence-corrected chi connectivity index (χ1v) is 9.23. The van der Waals surface area contributed by atoms with Crippen LogP contribution in [0.2, 0.25) is 0 Å². The summed E-state index contributed by atoms with van der Waals surface area (Å²) in [6.45, 7) is 2.55. The summed E-state index contributed by atoms with van der Waals surface area (Å²) in [5, 5.41) is 0. The summed E-state index contributed by atoms with van der Waals surface area (Å²) < 4.78 is 14.1. The summed E-state index contributed by atoms with van der Waals surface area (Å²) in [4.78, 5) is 43.5. The number of rotatable bonds is 2. The topological polar surface area (TPSA) is 64.2 Å². The van der Waals surface area contributed by atoms with E-state index in [4.69, 9.17) is 0 Å². The van der Waals surface area contributed by atoms with Gasteiger partial charge in [0.1, 0.15) is 5.82 Å². The van der Waals surface area contributed by atoms with E-state index in [2.05, 4.69) is 0 Å². The molecule has 0 saturated carbocycles. The fourth-order valence-electron chi connectivity index (χ4n) is 3.49. The molecule has 0 N–H and O–H groups in total. The van der Waals surface area contributed by atoms with Gasteiger partial charge in [0.15, 0.2) is 0 Å². The molecule has 2 aliphatic heterocycles. The van der Waals surface area contributed by atoms with E-state index < -0.39 is 17.6 Å². The number of hydrogen-bond donors (Lipinski definition) is 0. The Hall–Kier alpha value is -2.64. The van der Waals surface area contributed by atoms with Crippen molar-refractivity contribution in [2.75, 3.05) is 58.3 Å². The summed E-state index contributed by atoms with van der Waals surface area (Å²) in [7, 11) is 3.47. The summed E-state index contributed by atoms with van der Waals surface area (Å²) in [6.07, 6.45) is 1.87. The van der Waals surface area contributed by atoms with Gasteiger partial charge in [-0.3, -0.25) is 14.4 Å². The number of carbonyl (C=O) groups is 3. The number of hydrogen-bond acceptors (Lipinski definition) is 4. The quantitative estimate of drug-likeness (QED) is 0.717. The maximum atomic E-state index is 14.1. The van der Waals surface area contributed by atoms with Crippen LogP contribution in [0.5, 0.6) is 0 Å². The zero-order valence-corrected chi connectivity index (χ0v) is 15.8. The summed E-state index contributed by atoms with van der Waals surface area (Å²) in [5.74, 6) is -1.66. The molecule has 0 atom stereocenters. The van der Waals surface area contributed by atoms with Gasteiger partial charge >= 0.3 is 11.8 Å². The Kier molecular flexibility index (Phi) is 5.62. The number of piperazine rings is 1. The van der Waals surface area contributed by atoms with Crippen LogP contribution in [-0.4, -0.2) is 85.8 Å². The van der Waals surface area contributed by atoms with E-state index in [9.17, 15) is 18.8 Å². The minimum Gasteiger partial charge on any atom is -0.375 e. The predicted molar refractivity (Wildman–Crippen MR) is 99.0 cm³/mol. The highest BCUT2D eigenvalue weighted by Gasteiger charge is 2.32. The lowest BCUT2D eigenvalue weighted by atomic mass is 10.1. The van der Waals surface area contributed by atoms with Crippen LogP contribution in [0.1, 0.15) is 23.2 Å². The first-order valence-electron chi connectivity index (χ1n) is 9.23. The zero-order valence-electron chi connectivity index (χ0n) is 15.8. The zero-order chi connectivity index (χ0) is 19.6. The van der Waals surface area contributed by atoms with Crippen molar-refractivity contribution < 1.29 is 18.8 Å². The van der Waals surface area contributed by atoms with Gasteiger partial charge in [-0.2, -0.15) is 0 Å². The van der Waals surface area contributed by atoms with Crippen molar-refractivity contribution in [1.82, 2.24) is 14.7 Å². The first-order chi connectivity index (χ1) is 12.9. The lowest BCUT2D eigenvalue weighted by molar-refractivity contribution is -0.152. The molecule has 1 aromatic carbocycles. The highest BCUT2D eigenvalue weighted by atomic mass is 19.1. The Morgan fingerprint density at radius 3 is 1.89 bits per heavy atom. The lowest BCUT2D eigenvalue weighted by Gasteiger charge is -2.35. The molecule has 0 spiro atoms. The second kappa shape index (κ2) is 7.94. The first kappa shape index (κ1) is 19.1. The van der Waals surface area contributed by atoms with Gasteiger partial charge in [-0.1, -0.05) is 0 Å². The van der Waals surface area contributed by atoms with Crippen molar-refractivity contribution in [3.05, 3.63) is 29.6 Å². The normalized spacial score (nSPS) is 17.2. The minimum absolute atomic E-state index is 0.267. The third-order valence-electron chi connectivity index (χ3n) is 5.11. The molecule has 0 aliphatic carbocycles. The van der Waals surface area contributed by atoms with E-state index in [-0.39, 0.29) is 11.5 Å². The highest BCUT2D eigenvalue weighted by molar-refractivity contribution is 6.35. The Bertz CT molecular complexity index is 738. The third-order valence-corrected chi connectivity index (χ3v) is 5.11. The van der Waals surface area contributed by atoms with Crippen LogP contribution in [-0.2, 0) is 9.59 Å². The fraction of sp³-hybridized carbons (Fsp3) is 0.526. The molecule has 0 unspecified atom stereocenters. The van der Waals surface area contributed by atoms with Crippen molar-refractivity contribution >= 4 is 23.4 Å². The molecule has 3 amide bonds. The van der Waals surface area contributed by atoms with E-state index in [1.54, 1.807) is 40.9 Å². The number of halogens is 1. The molecule has 2 saturated heterocycles. The van der Waals surface area contributed by atoms with Gasteiger partial charge < -0.3 is 19.6 Å². The molecule has 1 aromatic rings. The van der Waals surface area contributed by atoms with E-state index in [1.165, 1.54) is 11.0 Å². The maximum absolute atomic E-state index is 14.1. The van der Waals surface area contributed by atoms with Gasteiger partial charge in [0, 0.05) is 58.9 Å². The minimum atomic E-state index is -0.495. The van der Waals surface area contributed by atoms with Crippen LogP contribution in [0.4, 0.5) is 10.1 Å². The molecule has 7 nitrogen and oxygen atoms in total. The van der Waals surface area contributed by atoms with Crippen molar-refractivity contribution in [2.24, 2.45) is 0 Å². The summed E-state index contributed by atoms with van der Waals surface area (Å²) in [6, 6.07) is 4.43. The Morgan fingerprint density at radius 1 is 0.852 bits per heavy atom. The van der Waals surface area contributed by atoms with Gasteiger partial charge in [-0.05, 0) is 31.0 Å².